The fourth-order valence-corrected chi connectivity index (χ4v) is 7.68. The van der Waals surface area contributed by atoms with Crippen molar-refractivity contribution in [3.63, 3.8) is 0 Å². The Balaban J connectivity index is 1.52. The van der Waals surface area contributed by atoms with Crippen LogP contribution in [-0.4, -0.2) is 84.6 Å². The third-order valence-electron chi connectivity index (χ3n) is 4.93. The number of hydrogen-bond donors (Lipinski definition) is 3. The fraction of sp³-hybridized carbons (Fsp3) is 0.300. The molecule has 0 aliphatic carbocycles. The molecular weight excluding hydrogens is 598 g/mol. The highest BCUT2D eigenvalue weighted by Crippen LogP contribution is 2.42. The van der Waals surface area contributed by atoms with Gasteiger partial charge in [-0.1, -0.05) is 57.1 Å². The highest BCUT2D eigenvalue weighted by Gasteiger charge is 2.54. The normalized spacial score (nSPS) is 18.8. The summed E-state index contributed by atoms with van der Waals surface area (Å²) in [5.74, 6) is 0.159. The van der Waals surface area contributed by atoms with Crippen LogP contribution >= 0.6 is 57.8 Å². The minimum atomic E-state index is -1.24. The Bertz CT molecular complexity index is 1400. The lowest BCUT2D eigenvalue weighted by Gasteiger charge is -2.49. The molecule has 18 heteroatoms. The monoisotopic (exact) mass is 613 g/mol. The van der Waals surface area contributed by atoms with Gasteiger partial charge < -0.3 is 20.6 Å². The van der Waals surface area contributed by atoms with Crippen LogP contribution in [0, 0.1) is 19.3 Å². The average molecular weight is 614 g/mol. The first-order valence-corrected chi connectivity index (χ1v) is 14.4. The summed E-state index contributed by atoms with van der Waals surface area (Å²) in [4.78, 5) is 59.2. The minimum Gasteiger partial charge on any atom is -0.477 e. The zero-order valence-electron chi connectivity index (χ0n) is 19.2. The second-order valence-corrected chi connectivity index (χ2v) is 12.4. The SMILES string of the molecule is C#CCO/N=C(\C(=O)NC1C(=O)N2C(C(=O)O)=C(CSc3nnc(C)s3)CS[C@H]12)c1nc(NC=O)sc1Cl. The number of amides is 3. The number of aliphatic carboxylic acids is 1. The molecule has 2 aromatic heterocycles. The fourth-order valence-electron chi connectivity index (χ4n) is 3.38. The van der Waals surface area contributed by atoms with Gasteiger partial charge in [-0.15, -0.1) is 28.4 Å². The highest BCUT2D eigenvalue weighted by atomic mass is 35.5. The molecule has 1 unspecified atom stereocenters. The lowest BCUT2D eigenvalue weighted by Crippen LogP contribution is -2.71. The average Bonchev–Trinajstić information content (AvgIpc) is 3.47. The van der Waals surface area contributed by atoms with Gasteiger partial charge in [-0.3, -0.25) is 19.3 Å². The van der Waals surface area contributed by atoms with Crippen molar-refractivity contribution in [2.24, 2.45) is 5.16 Å². The van der Waals surface area contributed by atoms with E-state index in [1.807, 2.05) is 6.92 Å². The first kappa shape index (κ1) is 27.9. The predicted octanol–water partition coefficient (Wildman–Crippen LogP) is 1.41. The van der Waals surface area contributed by atoms with Crippen molar-refractivity contribution < 1.29 is 29.1 Å². The number of halogens is 1. The van der Waals surface area contributed by atoms with Crippen LogP contribution in [0.2, 0.25) is 4.34 Å². The predicted molar refractivity (Wildman–Crippen MR) is 143 cm³/mol. The van der Waals surface area contributed by atoms with Crippen LogP contribution in [-0.2, 0) is 24.0 Å². The highest BCUT2D eigenvalue weighted by molar-refractivity contribution is 8.01. The maximum absolute atomic E-state index is 13.1. The van der Waals surface area contributed by atoms with Crippen molar-refractivity contribution in [3.05, 3.63) is 26.3 Å². The minimum absolute atomic E-state index is 0.0324. The molecule has 0 spiro atoms. The number of carbonyl (C=O) groups excluding carboxylic acids is 3. The molecule has 0 bridgehead atoms. The Labute approximate surface area is 236 Å². The summed E-state index contributed by atoms with van der Waals surface area (Å²) in [5.41, 5.74) is -0.0146. The summed E-state index contributed by atoms with van der Waals surface area (Å²) in [6.07, 6.45) is 5.55. The summed E-state index contributed by atoms with van der Waals surface area (Å²) in [6.45, 7) is 1.56. The van der Waals surface area contributed by atoms with Crippen LogP contribution < -0.4 is 10.6 Å². The van der Waals surface area contributed by atoms with Crippen LogP contribution in [0.1, 0.15) is 10.7 Å². The quantitative estimate of drug-likeness (QED) is 0.0635. The van der Waals surface area contributed by atoms with Crippen molar-refractivity contribution in [1.82, 2.24) is 25.4 Å². The molecule has 2 atom stereocenters. The van der Waals surface area contributed by atoms with Crippen molar-refractivity contribution in [2.45, 2.75) is 22.7 Å². The number of oxime groups is 1. The van der Waals surface area contributed by atoms with Crippen molar-refractivity contribution in [3.8, 4) is 12.3 Å². The topological polar surface area (TPSA) is 176 Å². The zero-order chi connectivity index (χ0) is 27.4. The molecule has 198 valence electrons. The number of nitrogens with one attached hydrogen (secondary N) is 2. The van der Waals surface area contributed by atoms with Gasteiger partial charge in [-0.2, -0.15) is 0 Å². The van der Waals surface area contributed by atoms with Crippen LogP contribution in [0.3, 0.4) is 0 Å². The third kappa shape index (κ3) is 5.78. The first-order valence-electron chi connectivity index (χ1n) is 10.4. The van der Waals surface area contributed by atoms with Gasteiger partial charge in [-0.25, -0.2) is 9.78 Å². The van der Waals surface area contributed by atoms with Crippen molar-refractivity contribution in [2.75, 3.05) is 23.4 Å². The number of aromatic nitrogens is 3. The molecule has 1 fully saturated rings. The molecule has 2 aliphatic rings. The third-order valence-corrected chi connectivity index (χ3v) is 9.51. The van der Waals surface area contributed by atoms with Gasteiger partial charge >= 0.3 is 5.97 Å². The molecule has 0 aromatic carbocycles. The maximum atomic E-state index is 13.1. The molecule has 2 aliphatic heterocycles. The number of carboxylic acids is 1. The number of terminal acetylenes is 1. The molecule has 13 nitrogen and oxygen atoms in total. The van der Waals surface area contributed by atoms with Gasteiger partial charge in [-0.05, 0) is 12.5 Å². The smallest absolute Gasteiger partial charge is 0.352 e. The van der Waals surface area contributed by atoms with E-state index in [2.05, 4.69) is 36.9 Å². The first-order chi connectivity index (χ1) is 18.2. The molecule has 2 aromatic rings. The number of thiazole rings is 1. The summed E-state index contributed by atoms with van der Waals surface area (Å²) < 4.78 is 0.725. The van der Waals surface area contributed by atoms with E-state index >= 15 is 0 Å². The number of aryl methyl sites for hydroxylation is 1. The Hall–Kier alpha value is -3.17. The number of β-lactam (4-membered cyclic amide) rings is 1. The lowest BCUT2D eigenvalue weighted by molar-refractivity contribution is -0.150. The van der Waals surface area contributed by atoms with Gasteiger partial charge in [0.05, 0.1) is 0 Å². The van der Waals surface area contributed by atoms with Crippen molar-refractivity contribution >= 4 is 92.8 Å². The summed E-state index contributed by atoms with van der Waals surface area (Å²) >= 11 is 11.1. The molecule has 3 amide bonds. The number of nitrogens with zero attached hydrogens (tertiary/aromatic N) is 5. The van der Waals surface area contributed by atoms with Gasteiger partial charge in [0.15, 0.2) is 21.8 Å². The number of fused-ring (bicyclic) bond motifs is 1. The Morgan fingerprint density at radius 3 is 2.87 bits per heavy atom. The number of anilines is 1. The van der Waals surface area contributed by atoms with Gasteiger partial charge in [0, 0.05) is 11.5 Å². The molecule has 0 saturated carbocycles. The molecule has 4 heterocycles. The van der Waals surface area contributed by atoms with E-state index in [1.165, 1.54) is 34.9 Å². The number of carbonyl (C=O) groups is 4. The van der Waals surface area contributed by atoms with Crippen LogP contribution in [0.25, 0.3) is 0 Å². The second kappa shape index (κ2) is 12.1. The molecule has 3 N–H and O–H groups in total. The number of thioether (sulfide) groups is 2. The largest absolute Gasteiger partial charge is 0.477 e. The standard InChI is InChI=1S/C20H16ClN7O6S4/c1-3-4-34-27-11(10-14(21)38-19(24-10)22-7-29)15(30)23-12-16(31)28-13(18(32)33)9(5-35-17(12)28)6-36-20-26-25-8(2)37-20/h1,7,12,17H,4-6H2,2H3,(H,23,30)(H,32,33)(H,22,24,29)/b27-11-/t12?,17-/m1/s1. The van der Waals surface area contributed by atoms with Crippen LogP contribution in [0.15, 0.2) is 20.8 Å². The Morgan fingerprint density at radius 2 is 2.21 bits per heavy atom. The van der Waals surface area contributed by atoms with E-state index in [0.717, 1.165) is 21.2 Å². The van der Waals surface area contributed by atoms with Crippen LogP contribution in [0.4, 0.5) is 5.13 Å². The van der Waals surface area contributed by atoms with Crippen LogP contribution in [0.5, 0.6) is 0 Å². The van der Waals surface area contributed by atoms with Gasteiger partial charge in [0.2, 0.25) is 6.41 Å². The lowest BCUT2D eigenvalue weighted by atomic mass is 10.0. The molecular formula is C20H16ClN7O6S4. The summed E-state index contributed by atoms with van der Waals surface area (Å²) in [7, 11) is 0. The van der Waals surface area contributed by atoms with E-state index in [-0.39, 0.29) is 33.2 Å². The Morgan fingerprint density at radius 1 is 1.42 bits per heavy atom. The summed E-state index contributed by atoms with van der Waals surface area (Å²) in [5, 5.41) is 26.7. The number of carboxylic acid groups (broad SMARTS) is 1. The van der Waals surface area contributed by atoms with Gasteiger partial charge in [0.1, 0.15) is 32.2 Å². The maximum Gasteiger partial charge on any atom is 0.352 e. The van der Waals surface area contributed by atoms with Gasteiger partial charge in [0.25, 0.3) is 11.8 Å². The molecule has 1 saturated heterocycles. The van der Waals surface area contributed by atoms with E-state index < -0.39 is 29.2 Å². The molecule has 0 radical (unpaired) electrons. The molecule has 4 rings (SSSR count). The van der Waals surface area contributed by atoms with E-state index in [4.69, 9.17) is 22.9 Å². The zero-order valence-corrected chi connectivity index (χ0v) is 23.2. The molecule has 38 heavy (non-hydrogen) atoms. The van der Waals surface area contributed by atoms with E-state index in [9.17, 15) is 24.3 Å². The summed E-state index contributed by atoms with van der Waals surface area (Å²) in [6, 6.07) is -1.04. The van der Waals surface area contributed by atoms with Crippen molar-refractivity contribution in [1.29, 1.82) is 0 Å². The number of rotatable bonds is 11. The number of hydrogen-bond acceptors (Lipinski definition) is 13. The van der Waals surface area contributed by atoms with E-state index in [1.54, 1.807) is 0 Å². The second-order valence-electron chi connectivity index (χ2n) is 7.31. The Kier molecular flexibility index (Phi) is 8.89. The van der Waals surface area contributed by atoms with E-state index in [0.29, 0.717) is 27.8 Å².